The fraction of sp³-hybridized carbons (Fsp3) is 0.0435. The molecule has 1 N–H and O–H groups in total. The third-order valence-electron chi connectivity index (χ3n) is 4.15. The summed E-state index contributed by atoms with van der Waals surface area (Å²) in [5.74, 6) is 0.167. The summed E-state index contributed by atoms with van der Waals surface area (Å²) in [6.45, 7) is 0.306. The lowest BCUT2D eigenvalue weighted by molar-refractivity contribution is -0.115. The summed E-state index contributed by atoms with van der Waals surface area (Å²) >= 11 is 1.29. The number of ether oxygens (including phenoxy) is 1. The summed E-state index contributed by atoms with van der Waals surface area (Å²) in [5, 5.41) is 3.32. The number of hydrogen-bond donors (Lipinski definition) is 1. The van der Waals surface area contributed by atoms with Crippen molar-refractivity contribution in [2.75, 3.05) is 0 Å². The molecule has 144 valence electrons. The lowest BCUT2D eigenvalue weighted by Gasteiger charge is -2.09. The lowest BCUT2D eigenvalue weighted by Crippen LogP contribution is -2.19. The molecule has 1 amide bonds. The highest BCUT2D eigenvalue weighted by Crippen LogP contribution is 2.30. The number of carbonyl (C=O) groups excluding carboxylic acids is 1. The van der Waals surface area contributed by atoms with Crippen LogP contribution in [-0.4, -0.2) is 11.1 Å². The first-order valence-electron chi connectivity index (χ1n) is 8.98. The first-order valence-corrected chi connectivity index (χ1v) is 9.80. The van der Waals surface area contributed by atoms with Gasteiger partial charge in [-0.1, -0.05) is 48.5 Å². The molecule has 1 aliphatic heterocycles. The van der Waals surface area contributed by atoms with Crippen molar-refractivity contribution in [1.82, 2.24) is 5.32 Å². The molecule has 1 fully saturated rings. The number of carbonyl (C=O) groups is 1. The number of para-hydroxylation sites is 2. The van der Waals surface area contributed by atoms with E-state index in [4.69, 9.17) is 4.74 Å². The van der Waals surface area contributed by atoms with E-state index in [2.05, 4.69) is 10.3 Å². The second-order valence-electron chi connectivity index (χ2n) is 6.27. The van der Waals surface area contributed by atoms with Gasteiger partial charge in [0.25, 0.3) is 5.91 Å². The normalized spacial score (nSPS) is 16.2. The minimum Gasteiger partial charge on any atom is -0.488 e. The smallest absolute Gasteiger partial charge is 0.264 e. The Bertz CT molecular complexity index is 1080. The molecule has 3 aromatic carbocycles. The van der Waals surface area contributed by atoms with Gasteiger partial charge in [0, 0.05) is 5.56 Å². The van der Waals surface area contributed by atoms with E-state index < -0.39 is 0 Å². The Morgan fingerprint density at radius 2 is 1.69 bits per heavy atom. The van der Waals surface area contributed by atoms with Crippen LogP contribution < -0.4 is 10.1 Å². The van der Waals surface area contributed by atoms with E-state index in [1.807, 2.05) is 54.6 Å². The molecule has 0 spiro atoms. The van der Waals surface area contributed by atoms with Crippen molar-refractivity contribution < 1.29 is 13.9 Å². The first-order chi connectivity index (χ1) is 14.2. The molecule has 0 saturated carbocycles. The second-order valence-corrected chi connectivity index (χ2v) is 7.30. The average Bonchev–Trinajstić information content (AvgIpc) is 3.08. The number of benzene rings is 3. The molecular formula is C23H17FN2O2S. The van der Waals surface area contributed by atoms with Crippen LogP contribution in [0.15, 0.2) is 88.8 Å². The quantitative estimate of drug-likeness (QED) is 0.588. The van der Waals surface area contributed by atoms with Crippen LogP contribution in [0.2, 0.25) is 0 Å². The number of hydrogen-bond acceptors (Lipinski definition) is 4. The molecule has 1 saturated heterocycles. The molecular weight excluding hydrogens is 387 g/mol. The fourth-order valence-electron chi connectivity index (χ4n) is 2.71. The SMILES string of the molecule is O=C1NC(=Nc2ccccc2)S/C1=C\c1ccccc1OCc1ccc(F)cc1. The maximum absolute atomic E-state index is 13.0. The van der Waals surface area contributed by atoms with Gasteiger partial charge in [0.1, 0.15) is 18.2 Å². The molecule has 0 aromatic heterocycles. The highest BCUT2D eigenvalue weighted by Gasteiger charge is 2.24. The summed E-state index contributed by atoms with van der Waals surface area (Å²) in [5.41, 5.74) is 2.42. The van der Waals surface area contributed by atoms with Crippen molar-refractivity contribution in [2.24, 2.45) is 4.99 Å². The maximum atomic E-state index is 13.0. The molecule has 1 aliphatic rings. The molecule has 4 nitrogen and oxygen atoms in total. The van der Waals surface area contributed by atoms with Crippen LogP contribution in [0.4, 0.5) is 10.1 Å². The Kier molecular flexibility index (Phi) is 5.72. The van der Waals surface area contributed by atoms with E-state index in [1.165, 1.54) is 23.9 Å². The maximum Gasteiger partial charge on any atom is 0.264 e. The van der Waals surface area contributed by atoms with Crippen molar-refractivity contribution in [1.29, 1.82) is 0 Å². The zero-order valence-electron chi connectivity index (χ0n) is 15.3. The summed E-state index contributed by atoms with van der Waals surface area (Å²) < 4.78 is 18.9. The Morgan fingerprint density at radius 3 is 2.48 bits per heavy atom. The van der Waals surface area contributed by atoms with Crippen molar-refractivity contribution >= 4 is 34.6 Å². The van der Waals surface area contributed by atoms with Gasteiger partial charge in [-0.25, -0.2) is 9.38 Å². The molecule has 6 heteroatoms. The molecule has 1 heterocycles. The molecule has 0 unspecified atom stereocenters. The Labute approximate surface area is 172 Å². The number of halogens is 1. The predicted octanol–water partition coefficient (Wildman–Crippen LogP) is 5.30. The van der Waals surface area contributed by atoms with Crippen molar-refractivity contribution in [2.45, 2.75) is 6.61 Å². The number of thioether (sulfide) groups is 1. The summed E-state index contributed by atoms with van der Waals surface area (Å²) in [7, 11) is 0. The Balaban J connectivity index is 1.51. The molecule has 29 heavy (non-hydrogen) atoms. The number of nitrogens with one attached hydrogen (secondary N) is 1. The lowest BCUT2D eigenvalue weighted by atomic mass is 10.2. The molecule has 0 radical (unpaired) electrons. The van der Waals surface area contributed by atoms with Crippen LogP contribution in [-0.2, 0) is 11.4 Å². The van der Waals surface area contributed by atoms with E-state index in [-0.39, 0.29) is 11.7 Å². The largest absolute Gasteiger partial charge is 0.488 e. The van der Waals surface area contributed by atoms with E-state index >= 15 is 0 Å². The Hall–Kier alpha value is -3.38. The van der Waals surface area contributed by atoms with Gasteiger partial charge in [0.15, 0.2) is 5.17 Å². The monoisotopic (exact) mass is 404 g/mol. The molecule has 3 aromatic rings. The predicted molar refractivity (Wildman–Crippen MR) is 114 cm³/mol. The van der Waals surface area contributed by atoms with Crippen molar-refractivity contribution in [3.63, 3.8) is 0 Å². The Morgan fingerprint density at radius 1 is 0.966 bits per heavy atom. The summed E-state index contributed by atoms with van der Waals surface area (Å²) in [6.07, 6.45) is 1.79. The van der Waals surface area contributed by atoms with E-state index in [0.29, 0.717) is 22.4 Å². The van der Waals surface area contributed by atoms with Gasteiger partial charge in [-0.15, -0.1) is 0 Å². The fourth-order valence-corrected chi connectivity index (χ4v) is 3.55. The van der Waals surface area contributed by atoms with Crippen LogP contribution in [0.25, 0.3) is 6.08 Å². The van der Waals surface area contributed by atoms with Crippen molar-refractivity contribution in [3.8, 4) is 5.75 Å². The van der Waals surface area contributed by atoms with Gasteiger partial charge in [-0.2, -0.15) is 0 Å². The first kappa shape index (κ1) is 19.0. The zero-order valence-corrected chi connectivity index (χ0v) is 16.2. The molecule has 0 bridgehead atoms. The standard InChI is InChI=1S/C23H17FN2O2S/c24-18-12-10-16(11-13-18)15-28-20-9-5-4-6-17(20)14-21-22(27)26-23(29-21)25-19-7-2-1-3-8-19/h1-14H,15H2,(H,25,26,27)/b21-14-. The highest BCUT2D eigenvalue weighted by molar-refractivity contribution is 8.18. The molecule has 0 atom stereocenters. The summed E-state index contributed by atoms with van der Waals surface area (Å²) in [6, 6.07) is 23.1. The van der Waals surface area contributed by atoms with Gasteiger partial charge in [-0.05, 0) is 53.7 Å². The van der Waals surface area contributed by atoms with E-state index in [9.17, 15) is 9.18 Å². The highest BCUT2D eigenvalue weighted by atomic mass is 32.2. The number of aliphatic imine (C=N–C) groups is 1. The van der Waals surface area contributed by atoms with Crippen LogP contribution in [0.5, 0.6) is 5.75 Å². The summed E-state index contributed by atoms with van der Waals surface area (Å²) in [4.78, 5) is 17.3. The topological polar surface area (TPSA) is 50.7 Å². The van der Waals surface area contributed by atoms with Crippen LogP contribution in [0.3, 0.4) is 0 Å². The third kappa shape index (κ3) is 4.92. The number of amidine groups is 1. The second kappa shape index (κ2) is 8.75. The van der Waals surface area contributed by atoms with Crippen LogP contribution >= 0.6 is 11.8 Å². The van der Waals surface area contributed by atoms with Gasteiger partial charge < -0.3 is 10.1 Å². The van der Waals surface area contributed by atoms with Gasteiger partial charge in [-0.3, -0.25) is 4.79 Å². The number of rotatable bonds is 5. The van der Waals surface area contributed by atoms with Gasteiger partial charge >= 0.3 is 0 Å². The van der Waals surface area contributed by atoms with Crippen LogP contribution in [0.1, 0.15) is 11.1 Å². The minimum atomic E-state index is -0.281. The van der Waals surface area contributed by atoms with E-state index in [0.717, 1.165) is 16.8 Å². The number of amides is 1. The van der Waals surface area contributed by atoms with Gasteiger partial charge in [0.2, 0.25) is 0 Å². The zero-order chi connectivity index (χ0) is 20.1. The van der Waals surface area contributed by atoms with E-state index in [1.54, 1.807) is 18.2 Å². The van der Waals surface area contributed by atoms with Gasteiger partial charge in [0.05, 0.1) is 10.6 Å². The molecule has 4 rings (SSSR count). The third-order valence-corrected chi connectivity index (χ3v) is 5.06. The average molecular weight is 404 g/mol. The minimum absolute atomic E-state index is 0.196. The van der Waals surface area contributed by atoms with Crippen LogP contribution in [0, 0.1) is 5.82 Å². The van der Waals surface area contributed by atoms with Crippen molar-refractivity contribution in [3.05, 3.63) is 101 Å². The molecule has 0 aliphatic carbocycles. The number of nitrogens with zero attached hydrogens (tertiary/aromatic N) is 1.